The molecule has 3 rings (SSSR count). The molecule has 1 aromatic heterocycles. The molecule has 0 unspecified atom stereocenters. The molecule has 9 heteroatoms. The lowest BCUT2D eigenvalue weighted by atomic mass is 10.2. The van der Waals surface area contributed by atoms with E-state index in [1.165, 1.54) is 24.3 Å². The summed E-state index contributed by atoms with van der Waals surface area (Å²) in [6.45, 7) is 0.997. The molecule has 0 spiro atoms. The summed E-state index contributed by atoms with van der Waals surface area (Å²) < 4.78 is 37.0. The number of halogens is 2. The van der Waals surface area contributed by atoms with Crippen molar-refractivity contribution in [3.8, 4) is 11.5 Å². The number of anilines is 1. The molecule has 2 aromatic carbocycles. The molecule has 0 aliphatic carbocycles. The second kappa shape index (κ2) is 8.96. The molecule has 28 heavy (non-hydrogen) atoms. The van der Waals surface area contributed by atoms with Gasteiger partial charge in [-0.05, 0) is 55.0 Å². The van der Waals surface area contributed by atoms with Crippen LogP contribution in [-0.4, -0.2) is 33.7 Å². The van der Waals surface area contributed by atoms with Gasteiger partial charge in [-0.15, -0.1) is 0 Å². The van der Waals surface area contributed by atoms with Crippen molar-refractivity contribution >= 4 is 38.9 Å². The average Bonchev–Trinajstić information content (AvgIpc) is 3.11. The van der Waals surface area contributed by atoms with Gasteiger partial charge in [-0.1, -0.05) is 23.2 Å². The molecule has 0 radical (unpaired) electrons. The van der Waals surface area contributed by atoms with E-state index in [0.717, 1.165) is 0 Å². The van der Waals surface area contributed by atoms with E-state index in [1.807, 2.05) is 0 Å². The van der Waals surface area contributed by atoms with E-state index in [4.69, 9.17) is 32.4 Å². The van der Waals surface area contributed by atoms with Crippen LogP contribution in [0, 0.1) is 0 Å². The molecule has 0 saturated heterocycles. The van der Waals surface area contributed by atoms with E-state index in [9.17, 15) is 8.42 Å². The summed E-state index contributed by atoms with van der Waals surface area (Å²) >= 11 is 11.8. The van der Waals surface area contributed by atoms with Crippen LogP contribution in [0.2, 0.25) is 10.0 Å². The lowest BCUT2D eigenvalue weighted by molar-refractivity contribution is 0.197. The maximum absolute atomic E-state index is 13.1. The van der Waals surface area contributed by atoms with Crippen molar-refractivity contribution in [2.24, 2.45) is 0 Å². The van der Waals surface area contributed by atoms with Gasteiger partial charge in [0.05, 0.1) is 4.90 Å². The maximum atomic E-state index is 13.1. The Morgan fingerprint density at radius 2 is 1.64 bits per heavy atom. The number of aromatic nitrogens is 1. The number of benzene rings is 2. The molecular formula is C19H18Cl2N2O4S. The standard InChI is InChI=1S/C19H18Cl2N2O4S/c1-26-12-2-11-22-18-19(28(24,25)16-9-7-15(21)8-10-16)23-17(27-18)13-3-5-14(20)6-4-13/h3-10,22H,2,11-12H2,1H3. The van der Waals surface area contributed by atoms with Gasteiger partial charge in [-0.25, -0.2) is 8.42 Å². The number of nitrogens with one attached hydrogen (secondary N) is 1. The lowest BCUT2D eigenvalue weighted by Gasteiger charge is -2.06. The molecule has 0 aliphatic rings. The van der Waals surface area contributed by atoms with E-state index in [-0.39, 0.29) is 21.7 Å². The zero-order valence-electron chi connectivity index (χ0n) is 15.0. The molecule has 1 heterocycles. The second-order valence-corrected chi connectivity index (χ2v) is 8.63. The first-order chi connectivity index (χ1) is 13.4. The van der Waals surface area contributed by atoms with Crippen LogP contribution >= 0.6 is 23.2 Å². The van der Waals surface area contributed by atoms with Crippen molar-refractivity contribution in [2.45, 2.75) is 16.3 Å². The van der Waals surface area contributed by atoms with E-state index >= 15 is 0 Å². The number of sulfone groups is 1. The molecule has 0 aliphatic heterocycles. The largest absolute Gasteiger partial charge is 0.419 e. The molecule has 0 saturated carbocycles. The molecule has 3 aromatic rings. The summed E-state index contributed by atoms with van der Waals surface area (Å²) in [4.78, 5) is 4.33. The Balaban J connectivity index is 2.01. The van der Waals surface area contributed by atoms with Gasteiger partial charge in [0.15, 0.2) is 0 Å². The van der Waals surface area contributed by atoms with E-state index < -0.39 is 9.84 Å². The molecule has 0 amide bonds. The minimum Gasteiger partial charge on any atom is -0.419 e. The van der Waals surface area contributed by atoms with E-state index in [0.29, 0.717) is 35.2 Å². The van der Waals surface area contributed by atoms with Crippen LogP contribution in [0.15, 0.2) is 62.9 Å². The van der Waals surface area contributed by atoms with Crippen molar-refractivity contribution in [1.29, 1.82) is 0 Å². The van der Waals surface area contributed by atoms with Gasteiger partial charge in [-0.3, -0.25) is 0 Å². The summed E-state index contributed by atoms with van der Waals surface area (Å²) in [6, 6.07) is 12.7. The number of nitrogens with zero attached hydrogens (tertiary/aromatic N) is 1. The number of hydrogen-bond acceptors (Lipinski definition) is 6. The van der Waals surface area contributed by atoms with Crippen LogP contribution < -0.4 is 5.32 Å². The molecule has 6 nitrogen and oxygen atoms in total. The van der Waals surface area contributed by atoms with Crippen LogP contribution in [0.1, 0.15) is 6.42 Å². The number of methoxy groups -OCH3 is 1. The zero-order valence-corrected chi connectivity index (χ0v) is 17.3. The first-order valence-electron chi connectivity index (χ1n) is 8.42. The first kappa shape index (κ1) is 20.7. The topological polar surface area (TPSA) is 81.4 Å². The van der Waals surface area contributed by atoms with Crippen molar-refractivity contribution in [3.05, 3.63) is 58.6 Å². The van der Waals surface area contributed by atoms with Crippen molar-refractivity contribution < 1.29 is 17.6 Å². The SMILES string of the molecule is COCCCNc1oc(-c2ccc(Cl)cc2)nc1S(=O)(=O)c1ccc(Cl)cc1. The Labute approximate surface area is 173 Å². The third-order valence-electron chi connectivity index (χ3n) is 3.88. The molecule has 0 bridgehead atoms. The van der Waals surface area contributed by atoms with Crippen LogP contribution in [0.25, 0.3) is 11.5 Å². The predicted molar refractivity (Wildman–Crippen MR) is 109 cm³/mol. The molecule has 0 atom stereocenters. The highest BCUT2D eigenvalue weighted by atomic mass is 35.5. The summed E-state index contributed by atoms with van der Waals surface area (Å²) in [5.74, 6) is 0.259. The minimum atomic E-state index is -3.91. The Morgan fingerprint density at radius 1 is 1.04 bits per heavy atom. The number of hydrogen-bond donors (Lipinski definition) is 1. The van der Waals surface area contributed by atoms with Crippen molar-refractivity contribution in [3.63, 3.8) is 0 Å². The normalized spacial score (nSPS) is 11.5. The molecule has 148 valence electrons. The van der Waals surface area contributed by atoms with Crippen LogP contribution in [0.4, 0.5) is 5.88 Å². The zero-order chi connectivity index (χ0) is 20.1. The van der Waals surface area contributed by atoms with Gasteiger partial charge in [-0.2, -0.15) is 4.98 Å². The van der Waals surface area contributed by atoms with Gasteiger partial charge in [0.25, 0.3) is 0 Å². The van der Waals surface area contributed by atoms with Gasteiger partial charge >= 0.3 is 0 Å². The highest BCUT2D eigenvalue weighted by Crippen LogP contribution is 2.33. The third-order valence-corrected chi connectivity index (χ3v) is 6.06. The van der Waals surface area contributed by atoms with Gasteiger partial charge in [0.1, 0.15) is 0 Å². The Bertz CT molecular complexity index is 1030. The van der Waals surface area contributed by atoms with Crippen LogP contribution in [0.3, 0.4) is 0 Å². The summed E-state index contributed by atoms with van der Waals surface area (Å²) in [5.41, 5.74) is 0.613. The third kappa shape index (κ3) is 4.67. The Morgan fingerprint density at radius 3 is 2.25 bits per heavy atom. The molecular weight excluding hydrogens is 423 g/mol. The highest BCUT2D eigenvalue weighted by Gasteiger charge is 2.28. The molecule has 0 fully saturated rings. The smallest absolute Gasteiger partial charge is 0.233 e. The van der Waals surface area contributed by atoms with Crippen molar-refractivity contribution in [1.82, 2.24) is 4.98 Å². The van der Waals surface area contributed by atoms with Crippen LogP contribution in [0.5, 0.6) is 0 Å². The van der Waals surface area contributed by atoms with Gasteiger partial charge < -0.3 is 14.5 Å². The second-order valence-electron chi connectivity index (χ2n) is 5.89. The monoisotopic (exact) mass is 440 g/mol. The van der Waals surface area contributed by atoms with E-state index in [1.54, 1.807) is 31.4 Å². The molecule has 1 N–H and O–H groups in total. The quantitative estimate of drug-likeness (QED) is 0.500. The predicted octanol–water partition coefficient (Wildman–Crippen LogP) is 4.93. The maximum Gasteiger partial charge on any atom is 0.233 e. The first-order valence-corrected chi connectivity index (χ1v) is 10.7. The minimum absolute atomic E-state index is 0.0767. The van der Waals surface area contributed by atoms with Crippen LogP contribution in [-0.2, 0) is 14.6 Å². The fourth-order valence-corrected chi connectivity index (χ4v) is 3.99. The number of ether oxygens (including phenoxy) is 1. The fourth-order valence-electron chi connectivity index (χ4n) is 2.46. The highest BCUT2D eigenvalue weighted by molar-refractivity contribution is 7.91. The summed E-state index contributed by atoms with van der Waals surface area (Å²) in [7, 11) is -2.31. The fraction of sp³-hybridized carbons (Fsp3) is 0.211. The number of oxazole rings is 1. The average molecular weight is 441 g/mol. The number of rotatable bonds is 8. The lowest BCUT2D eigenvalue weighted by Crippen LogP contribution is -2.09. The Hall–Kier alpha value is -2.06. The van der Waals surface area contributed by atoms with Crippen molar-refractivity contribution in [2.75, 3.05) is 25.6 Å². The Kier molecular flexibility index (Phi) is 6.61. The van der Waals surface area contributed by atoms with E-state index in [2.05, 4.69) is 10.3 Å². The summed E-state index contributed by atoms with van der Waals surface area (Å²) in [6.07, 6.45) is 0.675. The van der Waals surface area contributed by atoms with Gasteiger partial charge in [0, 0.05) is 35.9 Å². The summed E-state index contributed by atoms with van der Waals surface area (Å²) in [5, 5.41) is 3.81. The van der Waals surface area contributed by atoms with Gasteiger partial charge in [0.2, 0.25) is 26.6 Å².